The smallest absolute Gasteiger partial charge is 0.291 e. The molecule has 5 rings (SSSR count). The molecule has 2 bridgehead atoms. The van der Waals surface area contributed by atoms with Crippen molar-refractivity contribution in [2.45, 2.75) is 18.4 Å². The van der Waals surface area contributed by atoms with Gasteiger partial charge < -0.3 is 4.74 Å². The first-order valence-corrected chi connectivity index (χ1v) is 7.87. The molecule has 0 aromatic carbocycles. The standard InChI is InChI=1S/C14H17BrN4O/c15-11-1-2-12(16-7-11)18-13-17-8-14(20-13)9-19-5-3-10(14)4-6-19/h1-2,7,10H,3-6,8-9H2,(H,16,17,18). The van der Waals surface area contributed by atoms with Crippen molar-refractivity contribution < 1.29 is 4.74 Å². The number of nitrogens with one attached hydrogen (secondary N) is 1. The van der Waals surface area contributed by atoms with Gasteiger partial charge in [-0.15, -0.1) is 0 Å². The highest BCUT2D eigenvalue weighted by Gasteiger charge is 2.51. The molecule has 1 aromatic rings. The predicted molar refractivity (Wildman–Crippen MR) is 80.8 cm³/mol. The number of anilines is 1. The fraction of sp³-hybridized carbons (Fsp3) is 0.571. The number of ether oxygens (including phenoxy) is 1. The molecule has 0 saturated carbocycles. The van der Waals surface area contributed by atoms with Gasteiger partial charge in [0.2, 0.25) is 0 Å². The highest BCUT2D eigenvalue weighted by molar-refractivity contribution is 9.10. The lowest BCUT2D eigenvalue weighted by Gasteiger charge is -2.50. The van der Waals surface area contributed by atoms with Crippen molar-refractivity contribution >= 4 is 27.8 Å². The van der Waals surface area contributed by atoms with Gasteiger partial charge in [0.15, 0.2) is 0 Å². The number of pyridine rings is 1. The highest BCUT2D eigenvalue weighted by atomic mass is 79.9. The molecule has 4 aliphatic rings. The van der Waals surface area contributed by atoms with Gasteiger partial charge in [0.25, 0.3) is 6.02 Å². The summed E-state index contributed by atoms with van der Waals surface area (Å²) in [5, 5.41) is 3.18. The Morgan fingerprint density at radius 3 is 2.85 bits per heavy atom. The molecule has 1 unspecified atom stereocenters. The molecular formula is C14H17BrN4O. The molecule has 4 aliphatic heterocycles. The number of piperidine rings is 3. The van der Waals surface area contributed by atoms with E-state index in [1.54, 1.807) is 6.20 Å². The zero-order chi connectivity index (χ0) is 13.6. The van der Waals surface area contributed by atoms with Crippen molar-refractivity contribution in [1.29, 1.82) is 0 Å². The van der Waals surface area contributed by atoms with Gasteiger partial charge in [0.1, 0.15) is 11.4 Å². The van der Waals surface area contributed by atoms with Crippen LogP contribution in [0.3, 0.4) is 0 Å². The van der Waals surface area contributed by atoms with Crippen molar-refractivity contribution in [1.82, 2.24) is 9.88 Å². The number of hydrogen-bond acceptors (Lipinski definition) is 5. The Balaban J connectivity index is 1.46. The van der Waals surface area contributed by atoms with Crippen LogP contribution in [0.2, 0.25) is 0 Å². The molecule has 3 fully saturated rings. The number of halogens is 1. The molecule has 20 heavy (non-hydrogen) atoms. The summed E-state index contributed by atoms with van der Waals surface area (Å²) in [6.07, 6.45) is 4.24. The van der Waals surface area contributed by atoms with E-state index >= 15 is 0 Å². The first-order chi connectivity index (χ1) is 9.73. The van der Waals surface area contributed by atoms with Crippen molar-refractivity contribution in [2.24, 2.45) is 10.9 Å². The second-order valence-electron chi connectivity index (χ2n) is 5.83. The van der Waals surface area contributed by atoms with Crippen molar-refractivity contribution in [3.8, 4) is 0 Å². The number of fused-ring (bicyclic) bond motifs is 2. The number of rotatable bonds is 1. The van der Waals surface area contributed by atoms with E-state index in [-0.39, 0.29) is 5.60 Å². The average Bonchev–Trinajstić information content (AvgIpc) is 2.85. The molecular weight excluding hydrogens is 320 g/mol. The number of aliphatic imine (C=N–C) groups is 1. The summed E-state index contributed by atoms with van der Waals surface area (Å²) in [5.41, 5.74) is -0.0891. The zero-order valence-corrected chi connectivity index (χ0v) is 12.8. The Hall–Kier alpha value is -1.14. The van der Waals surface area contributed by atoms with E-state index in [9.17, 15) is 0 Å². The van der Waals surface area contributed by atoms with Crippen molar-refractivity contribution in [3.05, 3.63) is 22.8 Å². The van der Waals surface area contributed by atoms with E-state index in [2.05, 4.69) is 36.1 Å². The molecule has 0 amide bonds. The lowest BCUT2D eigenvalue weighted by atomic mass is 9.75. The summed E-state index contributed by atoms with van der Waals surface area (Å²) in [6, 6.07) is 4.49. The van der Waals surface area contributed by atoms with Crippen LogP contribution in [0.25, 0.3) is 0 Å². The molecule has 0 aliphatic carbocycles. The SMILES string of the molecule is Brc1ccc(NC2=NCC3(CN4CCC3CC4)O2)nc1. The molecule has 106 valence electrons. The quantitative estimate of drug-likeness (QED) is 0.853. The molecule has 3 saturated heterocycles. The first kappa shape index (κ1) is 12.6. The summed E-state index contributed by atoms with van der Waals surface area (Å²) >= 11 is 3.38. The lowest BCUT2D eigenvalue weighted by molar-refractivity contribution is -0.0829. The maximum absolute atomic E-state index is 6.20. The third-order valence-corrected chi connectivity index (χ3v) is 5.04. The minimum Gasteiger partial charge on any atom is -0.455 e. The molecule has 1 spiro atoms. The van der Waals surface area contributed by atoms with Crippen LogP contribution in [0.4, 0.5) is 5.82 Å². The summed E-state index contributed by atoms with van der Waals surface area (Å²) in [7, 11) is 0. The molecule has 5 nitrogen and oxygen atoms in total. The normalized spacial score (nSPS) is 35.0. The molecule has 1 N–H and O–H groups in total. The first-order valence-electron chi connectivity index (χ1n) is 7.08. The van der Waals surface area contributed by atoms with Gasteiger partial charge in [-0.1, -0.05) is 0 Å². The van der Waals surface area contributed by atoms with Gasteiger partial charge in [-0.25, -0.2) is 9.98 Å². The lowest BCUT2D eigenvalue weighted by Crippen LogP contribution is -2.61. The van der Waals surface area contributed by atoms with Crippen molar-refractivity contribution in [2.75, 3.05) is 31.5 Å². The third kappa shape index (κ3) is 2.11. The van der Waals surface area contributed by atoms with Gasteiger partial charge in [0.05, 0.1) is 6.54 Å². The van der Waals surface area contributed by atoms with Gasteiger partial charge in [0, 0.05) is 23.1 Å². The topological polar surface area (TPSA) is 49.8 Å². The fourth-order valence-electron chi connectivity index (χ4n) is 3.51. The van der Waals surface area contributed by atoms with Crippen molar-refractivity contribution in [3.63, 3.8) is 0 Å². The molecule has 6 heteroatoms. The van der Waals surface area contributed by atoms with E-state index in [0.29, 0.717) is 11.9 Å². The molecule has 5 heterocycles. The summed E-state index contributed by atoms with van der Waals surface area (Å²) in [4.78, 5) is 11.3. The number of nitrogens with zero attached hydrogens (tertiary/aromatic N) is 3. The minimum absolute atomic E-state index is 0.0891. The van der Waals surface area contributed by atoms with E-state index in [0.717, 1.165) is 23.4 Å². The maximum Gasteiger partial charge on any atom is 0.291 e. The van der Waals surface area contributed by atoms with Gasteiger partial charge in [-0.3, -0.25) is 10.2 Å². The second kappa shape index (κ2) is 4.70. The van der Waals surface area contributed by atoms with Gasteiger partial charge in [-0.05, 0) is 54.0 Å². The highest BCUT2D eigenvalue weighted by Crippen LogP contribution is 2.40. The van der Waals surface area contributed by atoms with Crippen LogP contribution in [0.5, 0.6) is 0 Å². The number of hydrogen-bond donors (Lipinski definition) is 1. The average molecular weight is 337 g/mol. The Morgan fingerprint density at radius 1 is 1.35 bits per heavy atom. The predicted octanol–water partition coefficient (Wildman–Crippen LogP) is 2.11. The fourth-order valence-corrected chi connectivity index (χ4v) is 3.74. The summed E-state index contributed by atoms with van der Waals surface area (Å²) < 4.78 is 7.17. The largest absolute Gasteiger partial charge is 0.455 e. The summed E-state index contributed by atoms with van der Waals surface area (Å²) in [5.74, 6) is 1.42. The van der Waals surface area contributed by atoms with E-state index in [1.165, 1.54) is 25.9 Å². The molecule has 1 atom stereocenters. The Kier molecular flexibility index (Phi) is 2.96. The van der Waals surface area contributed by atoms with E-state index in [1.807, 2.05) is 12.1 Å². The Bertz CT molecular complexity index is 539. The van der Waals surface area contributed by atoms with Crippen LogP contribution in [-0.2, 0) is 4.74 Å². The van der Waals surface area contributed by atoms with Gasteiger partial charge >= 0.3 is 0 Å². The third-order valence-electron chi connectivity index (χ3n) is 4.58. The van der Waals surface area contributed by atoms with Crippen LogP contribution >= 0.6 is 15.9 Å². The minimum atomic E-state index is -0.0891. The number of aromatic nitrogens is 1. The van der Waals surface area contributed by atoms with E-state index in [4.69, 9.17) is 4.74 Å². The Labute approximate surface area is 126 Å². The monoisotopic (exact) mass is 336 g/mol. The number of amidine groups is 1. The van der Waals surface area contributed by atoms with Crippen LogP contribution in [0.15, 0.2) is 27.8 Å². The molecule has 1 aromatic heterocycles. The Morgan fingerprint density at radius 2 is 2.20 bits per heavy atom. The maximum atomic E-state index is 6.20. The van der Waals surface area contributed by atoms with Crippen LogP contribution in [-0.4, -0.2) is 47.7 Å². The second-order valence-corrected chi connectivity index (χ2v) is 6.74. The van der Waals surface area contributed by atoms with Crippen LogP contribution in [0.1, 0.15) is 12.8 Å². The summed E-state index contributed by atoms with van der Waals surface area (Å²) in [6.45, 7) is 4.22. The molecule has 0 radical (unpaired) electrons. The van der Waals surface area contributed by atoms with E-state index < -0.39 is 0 Å². The zero-order valence-electron chi connectivity index (χ0n) is 11.2. The van der Waals surface area contributed by atoms with Crippen LogP contribution in [0, 0.1) is 5.92 Å². The van der Waals surface area contributed by atoms with Gasteiger partial charge in [-0.2, -0.15) is 0 Å². The van der Waals surface area contributed by atoms with Crippen LogP contribution < -0.4 is 5.32 Å².